The molecule has 0 amide bonds. The van der Waals surface area contributed by atoms with Crippen LogP contribution in [0.1, 0.15) is 0 Å². The van der Waals surface area contributed by atoms with Crippen LogP contribution in [0.4, 0.5) is 5.69 Å². The highest BCUT2D eigenvalue weighted by atomic mass is 127. The summed E-state index contributed by atoms with van der Waals surface area (Å²) in [5.74, 6) is 0. The Balaban J connectivity index is 2.58. The first kappa shape index (κ1) is 9.90. The van der Waals surface area contributed by atoms with E-state index in [1.54, 1.807) is 0 Å². The largest absolute Gasteiger partial charge is 0.398 e. The molecule has 78 valence electrons. The van der Waals surface area contributed by atoms with E-state index in [4.69, 9.17) is 5.73 Å². The van der Waals surface area contributed by atoms with Crippen LogP contribution in [0.2, 0.25) is 0 Å². The van der Waals surface area contributed by atoms with Gasteiger partial charge in [-0.05, 0) is 56.9 Å². The summed E-state index contributed by atoms with van der Waals surface area (Å²) in [5.41, 5.74) is 6.91. The summed E-state index contributed by atoms with van der Waals surface area (Å²) in [6.07, 6.45) is 0. The minimum atomic E-state index is 0.851. The van der Waals surface area contributed by atoms with Crippen LogP contribution in [0.25, 0.3) is 21.5 Å². The zero-order valence-corrected chi connectivity index (χ0v) is 10.7. The van der Waals surface area contributed by atoms with E-state index in [0.29, 0.717) is 0 Å². The van der Waals surface area contributed by atoms with E-state index < -0.39 is 0 Å². The number of hydrogen-bond donors (Lipinski definition) is 1. The standard InChI is InChI=1S/C14H10IN/c15-11-6-7-12-10(8-11)5-4-9-2-1-3-13(16)14(9)12/h1-8H,16H2. The summed E-state index contributed by atoms with van der Waals surface area (Å²) >= 11 is 2.33. The van der Waals surface area contributed by atoms with E-state index >= 15 is 0 Å². The zero-order valence-electron chi connectivity index (χ0n) is 8.57. The van der Waals surface area contributed by atoms with Gasteiger partial charge in [0.15, 0.2) is 0 Å². The SMILES string of the molecule is Nc1cccc2ccc3cc(I)ccc3c12. The van der Waals surface area contributed by atoms with Crippen molar-refractivity contribution in [1.29, 1.82) is 0 Å². The highest BCUT2D eigenvalue weighted by Crippen LogP contribution is 2.30. The van der Waals surface area contributed by atoms with Crippen molar-refractivity contribution in [3.63, 3.8) is 0 Å². The molecule has 3 rings (SSSR count). The number of nitrogens with two attached hydrogens (primary N) is 1. The average molecular weight is 319 g/mol. The topological polar surface area (TPSA) is 26.0 Å². The Bertz CT molecular complexity index is 689. The monoisotopic (exact) mass is 319 g/mol. The van der Waals surface area contributed by atoms with E-state index in [1.807, 2.05) is 12.1 Å². The number of fused-ring (bicyclic) bond motifs is 3. The average Bonchev–Trinajstić information content (AvgIpc) is 2.29. The normalized spacial score (nSPS) is 11.1. The first-order valence-corrected chi connectivity index (χ1v) is 6.20. The third kappa shape index (κ3) is 1.45. The molecular weight excluding hydrogens is 309 g/mol. The van der Waals surface area contributed by atoms with Crippen molar-refractivity contribution in [1.82, 2.24) is 0 Å². The van der Waals surface area contributed by atoms with E-state index in [9.17, 15) is 0 Å². The summed E-state index contributed by atoms with van der Waals surface area (Å²) < 4.78 is 1.25. The molecule has 0 spiro atoms. The lowest BCUT2D eigenvalue weighted by Crippen LogP contribution is -1.87. The molecule has 2 heteroatoms. The van der Waals surface area contributed by atoms with Gasteiger partial charge in [-0.15, -0.1) is 0 Å². The quantitative estimate of drug-likeness (QED) is 0.375. The van der Waals surface area contributed by atoms with E-state index in [2.05, 4.69) is 59.0 Å². The van der Waals surface area contributed by atoms with Crippen LogP contribution in [0.15, 0.2) is 48.5 Å². The first-order chi connectivity index (χ1) is 7.75. The Labute approximate surface area is 107 Å². The van der Waals surface area contributed by atoms with E-state index in [-0.39, 0.29) is 0 Å². The van der Waals surface area contributed by atoms with Crippen LogP contribution < -0.4 is 5.73 Å². The minimum Gasteiger partial charge on any atom is -0.398 e. The van der Waals surface area contributed by atoms with Crippen LogP contribution >= 0.6 is 22.6 Å². The second kappa shape index (κ2) is 3.63. The fourth-order valence-corrected chi connectivity index (χ4v) is 2.63. The van der Waals surface area contributed by atoms with Crippen LogP contribution in [-0.4, -0.2) is 0 Å². The van der Waals surface area contributed by atoms with Crippen LogP contribution in [-0.2, 0) is 0 Å². The maximum Gasteiger partial charge on any atom is 0.0400 e. The number of nitrogen functional groups attached to an aromatic ring is 1. The van der Waals surface area contributed by atoms with Crippen molar-refractivity contribution in [2.75, 3.05) is 5.73 Å². The molecule has 0 atom stereocenters. The molecule has 0 saturated heterocycles. The highest BCUT2D eigenvalue weighted by molar-refractivity contribution is 14.1. The molecule has 0 aliphatic carbocycles. The van der Waals surface area contributed by atoms with Gasteiger partial charge >= 0.3 is 0 Å². The lowest BCUT2D eigenvalue weighted by molar-refractivity contribution is 1.71. The molecule has 0 radical (unpaired) electrons. The first-order valence-electron chi connectivity index (χ1n) is 5.12. The lowest BCUT2D eigenvalue weighted by atomic mass is 10.0. The van der Waals surface area contributed by atoms with Gasteiger partial charge in [0.05, 0.1) is 0 Å². The van der Waals surface area contributed by atoms with Crippen molar-refractivity contribution in [2.45, 2.75) is 0 Å². The van der Waals surface area contributed by atoms with Crippen molar-refractivity contribution in [2.24, 2.45) is 0 Å². The molecule has 0 aliphatic rings. The Morgan fingerprint density at radius 2 is 1.69 bits per heavy atom. The van der Waals surface area contributed by atoms with Gasteiger partial charge in [-0.25, -0.2) is 0 Å². The number of benzene rings is 3. The summed E-state index contributed by atoms with van der Waals surface area (Å²) in [5, 5.41) is 4.85. The van der Waals surface area contributed by atoms with Gasteiger partial charge in [0, 0.05) is 14.6 Å². The van der Waals surface area contributed by atoms with Crippen LogP contribution in [0.5, 0.6) is 0 Å². The third-order valence-corrected chi connectivity index (χ3v) is 3.53. The molecule has 3 aromatic carbocycles. The highest BCUT2D eigenvalue weighted by Gasteiger charge is 2.03. The molecule has 0 unspecified atom stereocenters. The Morgan fingerprint density at radius 3 is 2.56 bits per heavy atom. The Kier molecular flexibility index (Phi) is 2.24. The summed E-state index contributed by atoms with van der Waals surface area (Å²) in [6, 6.07) is 16.8. The van der Waals surface area contributed by atoms with Crippen molar-refractivity contribution >= 4 is 49.8 Å². The second-order valence-corrected chi connectivity index (χ2v) is 5.12. The molecule has 1 nitrogen and oxygen atoms in total. The van der Waals surface area contributed by atoms with Crippen LogP contribution in [0.3, 0.4) is 0 Å². The molecule has 16 heavy (non-hydrogen) atoms. The molecule has 0 aliphatic heterocycles. The number of anilines is 1. The fourth-order valence-electron chi connectivity index (χ4n) is 2.12. The predicted molar refractivity (Wildman–Crippen MR) is 78.6 cm³/mol. The molecule has 0 aromatic heterocycles. The van der Waals surface area contributed by atoms with Crippen molar-refractivity contribution < 1.29 is 0 Å². The predicted octanol–water partition coefficient (Wildman–Crippen LogP) is 4.18. The third-order valence-electron chi connectivity index (χ3n) is 2.85. The van der Waals surface area contributed by atoms with Gasteiger partial charge < -0.3 is 5.73 Å². The zero-order chi connectivity index (χ0) is 11.1. The molecular formula is C14H10IN. The summed E-state index contributed by atoms with van der Waals surface area (Å²) in [7, 11) is 0. The van der Waals surface area contributed by atoms with Gasteiger partial charge in [-0.3, -0.25) is 0 Å². The number of hydrogen-bond acceptors (Lipinski definition) is 1. The Hall–Kier alpha value is -1.29. The smallest absolute Gasteiger partial charge is 0.0400 e. The van der Waals surface area contributed by atoms with Gasteiger partial charge in [0.2, 0.25) is 0 Å². The van der Waals surface area contributed by atoms with Crippen molar-refractivity contribution in [3.05, 3.63) is 52.1 Å². The van der Waals surface area contributed by atoms with Gasteiger partial charge in [0.25, 0.3) is 0 Å². The number of halogens is 1. The lowest BCUT2D eigenvalue weighted by Gasteiger charge is -2.06. The maximum absolute atomic E-state index is 6.06. The molecule has 2 N–H and O–H groups in total. The van der Waals surface area contributed by atoms with Gasteiger partial charge in [-0.1, -0.05) is 30.3 Å². The minimum absolute atomic E-state index is 0.851. The van der Waals surface area contributed by atoms with Crippen molar-refractivity contribution in [3.8, 4) is 0 Å². The van der Waals surface area contributed by atoms with Gasteiger partial charge in [0.1, 0.15) is 0 Å². The fraction of sp³-hybridized carbons (Fsp3) is 0. The molecule has 0 saturated carbocycles. The number of rotatable bonds is 0. The maximum atomic E-state index is 6.06. The second-order valence-electron chi connectivity index (χ2n) is 3.88. The Morgan fingerprint density at radius 1 is 0.875 bits per heavy atom. The van der Waals surface area contributed by atoms with Crippen LogP contribution in [0, 0.1) is 3.57 Å². The van der Waals surface area contributed by atoms with Gasteiger partial charge in [-0.2, -0.15) is 0 Å². The molecule has 0 fully saturated rings. The molecule has 3 aromatic rings. The summed E-state index contributed by atoms with van der Waals surface area (Å²) in [4.78, 5) is 0. The molecule has 0 bridgehead atoms. The molecule has 0 heterocycles. The van der Waals surface area contributed by atoms with E-state index in [0.717, 1.165) is 11.1 Å². The van der Waals surface area contributed by atoms with E-state index in [1.165, 1.54) is 19.7 Å². The summed E-state index contributed by atoms with van der Waals surface area (Å²) in [6.45, 7) is 0.